The Labute approximate surface area is 70.5 Å². The lowest BCUT2D eigenvalue weighted by atomic mass is 10.1. The van der Waals surface area contributed by atoms with Crippen LogP contribution < -0.4 is 0 Å². The molecule has 5 heteroatoms. The maximum Gasteiger partial charge on any atom is 0.187 e. The fourth-order valence-corrected chi connectivity index (χ4v) is 1.16. The van der Waals surface area contributed by atoms with E-state index in [1.54, 1.807) is 0 Å². The average molecular weight is 173 g/mol. The Morgan fingerprint density at radius 2 is 1.92 bits per heavy atom. The van der Waals surface area contributed by atoms with E-state index in [0.717, 1.165) is 0 Å². The molecule has 0 saturated carbocycles. The Morgan fingerprint density at radius 3 is 2.25 bits per heavy atom. The minimum atomic E-state index is -0.940. The largest absolute Gasteiger partial charge is 0.386 e. The van der Waals surface area contributed by atoms with Crippen molar-refractivity contribution < 1.29 is 19.3 Å². The molecular formula is C7H11NO4. The Hall–Kier alpha value is -0.670. The summed E-state index contributed by atoms with van der Waals surface area (Å²) in [5.74, 6) is -0.681. The zero-order valence-corrected chi connectivity index (χ0v) is 6.93. The molecule has 0 aromatic rings. The highest BCUT2D eigenvalue weighted by Crippen LogP contribution is 2.27. The van der Waals surface area contributed by atoms with E-state index in [9.17, 15) is 5.11 Å². The molecule has 1 aliphatic heterocycles. The van der Waals surface area contributed by atoms with Gasteiger partial charge in [-0.15, -0.1) is 0 Å². The number of nitrogens with zero attached hydrogens (tertiary/aromatic N) is 1. The van der Waals surface area contributed by atoms with Crippen LogP contribution in [0.1, 0.15) is 0 Å². The number of aliphatic hydroxyl groups excluding tert-OH is 1. The highest BCUT2D eigenvalue weighted by atomic mass is 16.8. The molecule has 12 heavy (non-hydrogen) atoms. The van der Waals surface area contributed by atoms with Gasteiger partial charge in [-0.1, -0.05) is 0 Å². The second-order valence-corrected chi connectivity index (χ2v) is 2.49. The van der Waals surface area contributed by atoms with Crippen LogP contribution >= 0.6 is 0 Å². The summed E-state index contributed by atoms with van der Waals surface area (Å²) < 4.78 is 14.7. The van der Waals surface area contributed by atoms with Gasteiger partial charge in [0.2, 0.25) is 0 Å². The van der Waals surface area contributed by atoms with Crippen molar-refractivity contribution in [2.45, 2.75) is 18.7 Å². The van der Waals surface area contributed by atoms with E-state index in [2.05, 4.69) is 0 Å². The van der Waals surface area contributed by atoms with Crippen molar-refractivity contribution in [3.8, 4) is 6.07 Å². The van der Waals surface area contributed by atoms with Gasteiger partial charge in [0, 0.05) is 14.2 Å². The molecule has 4 atom stereocenters. The van der Waals surface area contributed by atoms with Crippen LogP contribution in [0, 0.1) is 17.2 Å². The van der Waals surface area contributed by atoms with Crippen LogP contribution in [0.2, 0.25) is 0 Å². The molecule has 1 saturated heterocycles. The third-order valence-electron chi connectivity index (χ3n) is 1.82. The van der Waals surface area contributed by atoms with Crippen molar-refractivity contribution in [2.75, 3.05) is 14.2 Å². The molecule has 1 rings (SSSR count). The third-order valence-corrected chi connectivity index (χ3v) is 1.82. The van der Waals surface area contributed by atoms with Crippen molar-refractivity contribution in [3.05, 3.63) is 0 Å². The molecule has 1 aliphatic rings. The number of hydrogen-bond donors (Lipinski definition) is 1. The van der Waals surface area contributed by atoms with Gasteiger partial charge in [0.05, 0.1) is 6.07 Å². The van der Waals surface area contributed by atoms with E-state index in [-0.39, 0.29) is 0 Å². The van der Waals surface area contributed by atoms with Crippen LogP contribution in [0.3, 0.4) is 0 Å². The van der Waals surface area contributed by atoms with E-state index in [1.807, 2.05) is 6.07 Å². The molecule has 4 unspecified atom stereocenters. The quantitative estimate of drug-likeness (QED) is 0.607. The monoisotopic (exact) mass is 173 g/mol. The van der Waals surface area contributed by atoms with Crippen molar-refractivity contribution in [1.82, 2.24) is 0 Å². The molecule has 0 aliphatic carbocycles. The second-order valence-electron chi connectivity index (χ2n) is 2.49. The highest BCUT2D eigenvalue weighted by Gasteiger charge is 2.44. The predicted molar refractivity (Wildman–Crippen MR) is 37.8 cm³/mol. The van der Waals surface area contributed by atoms with Gasteiger partial charge in [-0.3, -0.25) is 0 Å². The Bertz CT molecular complexity index is 188. The average Bonchev–Trinajstić information content (AvgIpc) is 2.41. The van der Waals surface area contributed by atoms with Gasteiger partial charge in [-0.05, 0) is 0 Å². The molecule has 0 aromatic carbocycles. The molecular weight excluding hydrogens is 162 g/mol. The van der Waals surface area contributed by atoms with Gasteiger partial charge in [-0.2, -0.15) is 5.26 Å². The minimum absolute atomic E-state index is 0.681. The van der Waals surface area contributed by atoms with Crippen LogP contribution in [0.4, 0.5) is 0 Å². The topological polar surface area (TPSA) is 71.7 Å². The fraction of sp³-hybridized carbons (Fsp3) is 0.857. The summed E-state index contributed by atoms with van der Waals surface area (Å²) in [6.07, 6.45) is -2.40. The molecule has 5 nitrogen and oxygen atoms in total. The van der Waals surface area contributed by atoms with Crippen molar-refractivity contribution in [3.63, 3.8) is 0 Å². The molecule has 1 N–H and O–H groups in total. The summed E-state index contributed by atoms with van der Waals surface area (Å²) in [5, 5.41) is 18.0. The number of nitriles is 1. The predicted octanol–water partition coefficient (Wildman–Crippen LogP) is -0.538. The molecule has 0 bridgehead atoms. The first-order valence-electron chi connectivity index (χ1n) is 3.53. The number of rotatable bonds is 2. The molecule has 1 heterocycles. The van der Waals surface area contributed by atoms with Gasteiger partial charge < -0.3 is 19.3 Å². The molecule has 68 valence electrons. The van der Waals surface area contributed by atoms with Crippen LogP contribution in [-0.4, -0.2) is 38.0 Å². The fourth-order valence-electron chi connectivity index (χ4n) is 1.16. The number of hydrogen-bond acceptors (Lipinski definition) is 5. The van der Waals surface area contributed by atoms with Crippen LogP contribution in [0.25, 0.3) is 0 Å². The summed E-state index contributed by atoms with van der Waals surface area (Å²) in [7, 11) is 2.82. The lowest BCUT2D eigenvalue weighted by molar-refractivity contribution is -0.200. The van der Waals surface area contributed by atoms with E-state index < -0.39 is 24.6 Å². The second kappa shape index (κ2) is 3.83. The van der Waals surface area contributed by atoms with E-state index >= 15 is 0 Å². The lowest BCUT2D eigenvalue weighted by Gasteiger charge is -2.10. The third kappa shape index (κ3) is 1.42. The first-order valence-corrected chi connectivity index (χ1v) is 3.53. The van der Waals surface area contributed by atoms with E-state index in [1.165, 1.54) is 14.2 Å². The van der Waals surface area contributed by atoms with E-state index in [4.69, 9.17) is 19.5 Å². The van der Waals surface area contributed by atoms with Crippen molar-refractivity contribution in [2.24, 2.45) is 5.92 Å². The summed E-state index contributed by atoms with van der Waals surface area (Å²) >= 11 is 0. The Kier molecular flexibility index (Phi) is 3.00. The van der Waals surface area contributed by atoms with Gasteiger partial charge >= 0.3 is 0 Å². The van der Waals surface area contributed by atoms with Crippen LogP contribution in [-0.2, 0) is 14.2 Å². The lowest BCUT2D eigenvalue weighted by Crippen LogP contribution is -2.27. The molecule has 0 spiro atoms. The first kappa shape index (κ1) is 9.42. The SMILES string of the molecule is COC1OC(OC)C(C#N)C1O. The number of methoxy groups -OCH3 is 2. The maximum atomic E-state index is 9.40. The normalized spacial score (nSPS) is 41.2. The summed E-state index contributed by atoms with van der Waals surface area (Å²) in [5.41, 5.74) is 0. The van der Waals surface area contributed by atoms with Crippen molar-refractivity contribution in [1.29, 1.82) is 5.26 Å². The molecule has 0 amide bonds. The zero-order chi connectivity index (χ0) is 9.14. The summed E-state index contributed by atoms with van der Waals surface area (Å²) in [4.78, 5) is 0. The Morgan fingerprint density at radius 1 is 1.33 bits per heavy atom. The van der Waals surface area contributed by atoms with Crippen LogP contribution in [0.5, 0.6) is 0 Å². The maximum absolute atomic E-state index is 9.40. The van der Waals surface area contributed by atoms with Gasteiger partial charge in [0.1, 0.15) is 12.0 Å². The van der Waals surface area contributed by atoms with E-state index in [0.29, 0.717) is 0 Å². The zero-order valence-electron chi connectivity index (χ0n) is 6.93. The molecule has 1 fully saturated rings. The number of aliphatic hydroxyl groups is 1. The first-order chi connectivity index (χ1) is 5.74. The van der Waals surface area contributed by atoms with Crippen LogP contribution in [0.15, 0.2) is 0 Å². The highest BCUT2D eigenvalue weighted by molar-refractivity contribution is 4.96. The summed E-state index contributed by atoms with van der Waals surface area (Å²) in [6, 6.07) is 1.90. The standard InChI is InChI=1S/C7H11NO4/c1-10-6-4(3-8)5(9)7(11-2)12-6/h4-7,9H,1-2H3. The smallest absolute Gasteiger partial charge is 0.187 e. The van der Waals surface area contributed by atoms with Gasteiger partial charge in [-0.25, -0.2) is 0 Å². The Balaban J connectivity index is 2.66. The summed E-state index contributed by atoms with van der Waals surface area (Å²) in [6.45, 7) is 0. The van der Waals surface area contributed by atoms with Gasteiger partial charge in [0.15, 0.2) is 12.6 Å². The van der Waals surface area contributed by atoms with Gasteiger partial charge in [0.25, 0.3) is 0 Å². The minimum Gasteiger partial charge on any atom is -0.386 e. The molecule has 0 aromatic heterocycles. The number of ether oxygens (including phenoxy) is 3. The van der Waals surface area contributed by atoms with Crippen molar-refractivity contribution >= 4 is 0 Å². The molecule has 0 radical (unpaired) electrons.